The van der Waals surface area contributed by atoms with Gasteiger partial charge >= 0.3 is 0 Å². The van der Waals surface area contributed by atoms with Crippen molar-refractivity contribution >= 4 is 11.3 Å². The number of rotatable bonds is 4. The number of nitrogens with zero attached hydrogens (tertiary/aromatic N) is 2. The highest BCUT2D eigenvalue weighted by Gasteiger charge is 2.07. The summed E-state index contributed by atoms with van der Waals surface area (Å²) in [7, 11) is 0. The van der Waals surface area contributed by atoms with E-state index in [0.717, 1.165) is 18.7 Å². The largest absolute Gasteiger partial charge is 0.330 e. The first-order chi connectivity index (χ1) is 7.35. The molecule has 0 aliphatic heterocycles. The second-order valence-corrected chi connectivity index (χ2v) is 4.17. The van der Waals surface area contributed by atoms with Crippen molar-refractivity contribution in [3.8, 4) is 11.3 Å². The summed E-state index contributed by atoms with van der Waals surface area (Å²) in [4.78, 5) is 0. The highest BCUT2D eigenvalue weighted by Crippen LogP contribution is 2.21. The molecule has 0 radical (unpaired) electrons. The van der Waals surface area contributed by atoms with E-state index in [2.05, 4.69) is 34.9 Å². The first kappa shape index (κ1) is 10.4. The summed E-state index contributed by atoms with van der Waals surface area (Å²) >= 11 is 1.70. The predicted molar refractivity (Wildman–Crippen MR) is 64.0 cm³/mol. The van der Waals surface area contributed by atoms with Crippen molar-refractivity contribution in [2.45, 2.75) is 19.9 Å². The molecule has 15 heavy (non-hydrogen) atoms. The van der Waals surface area contributed by atoms with Crippen molar-refractivity contribution in [3.63, 3.8) is 0 Å². The normalized spacial score (nSPS) is 10.8. The lowest BCUT2D eigenvalue weighted by Gasteiger charge is -2.00. The Balaban J connectivity index is 2.34. The Bertz CT molecular complexity index is 417. The molecule has 0 unspecified atom stereocenters. The molecule has 0 amide bonds. The molecule has 0 aliphatic rings. The fourth-order valence-electron chi connectivity index (χ4n) is 1.63. The lowest BCUT2D eigenvalue weighted by Crippen LogP contribution is -2.08. The van der Waals surface area contributed by atoms with Crippen LogP contribution >= 0.6 is 11.3 Å². The van der Waals surface area contributed by atoms with Crippen LogP contribution in [0.2, 0.25) is 0 Å². The zero-order valence-corrected chi connectivity index (χ0v) is 9.63. The molecule has 0 fully saturated rings. The first-order valence-electron chi connectivity index (χ1n) is 5.14. The van der Waals surface area contributed by atoms with Gasteiger partial charge in [-0.3, -0.25) is 4.68 Å². The third-order valence-electron chi connectivity index (χ3n) is 2.38. The van der Waals surface area contributed by atoms with E-state index in [9.17, 15) is 0 Å². The van der Waals surface area contributed by atoms with Crippen LogP contribution in [0.4, 0.5) is 0 Å². The molecule has 0 bridgehead atoms. The van der Waals surface area contributed by atoms with Crippen LogP contribution < -0.4 is 5.73 Å². The fourth-order valence-corrected chi connectivity index (χ4v) is 2.28. The van der Waals surface area contributed by atoms with E-state index in [1.165, 1.54) is 11.3 Å². The minimum atomic E-state index is 0.675. The maximum absolute atomic E-state index is 5.57. The molecule has 0 saturated heterocycles. The molecule has 0 spiro atoms. The topological polar surface area (TPSA) is 43.8 Å². The van der Waals surface area contributed by atoms with Gasteiger partial charge in [0.05, 0.1) is 5.69 Å². The zero-order chi connectivity index (χ0) is 10.7. The molecule has 80 valence electrons. The summed E-state index contributed by atoms with van der Waals surface area (Å²) < 4.78 is 2.03. The van der Waals surface area contributed by atoms with E-state index in [-0.39, 0.29) is 0 Å². The van der Waals surface area contributed by atoms with Crippen LogP contribution in [0, 0.1) is 0 Å². The number of hydrogen-bond acceptors (Lipinski definition) is 3. The lowest BCUT2D eigenvalue weighted by molar-refractivity contribution is 0.622. The molecule has 3 nitrogen and oxygen atoms in total. The van der Waals surface area contributed by atoms with Crippen LogP contribution in [0.25, 0.3) is 11.3 Å². The number of hydrogen-bond donors (Lipinski definition) is 1. The number of aromatic nitrogens is 2. The molecule has 0 atom stereocenters. The van der Waals surface area contributed by atoms with Gasteiger partial charge in [0.1, 0.15) is 0 Å². The van der Waals surface area contributed by atoms with Gasteiger partial charge in [-0.15, -0.1) is 0 Å². The Morgan fingerprint density at radius 1 is 1.53 bits per heavy atom. The molecule has 0 aromatic carbocycles. The monoisotopic (exact) mass is 221 g/mol. The standard InChI is InChI=1S/C11H15N3S/c1-2-14-10(3-5-12)7-11(13-14)9-4-6-15-8-9/h4,6-8H,2-3,5,12H2,1H3. The number of nitrogens with two attached hydrogens (primary N) is 1. The molecule has 0 saturated carbocycles. The minimum Gasteiger partial charge on any atom is -0.330 e. The highest BCUT2D eigenvalue weighted by atomic mass is 32.1. The second kappa shape index (κ2) is 4.59. The van der Waals surface area contributed by atoms with Gasteiger partial charge in [0, 0.05) is 29.6 Å². The average Bonchev–Trinajstić information content (AvgIpc) is 2.84. The van der Waals surface area contributed by atoms with Crippen LogP contribution in [0.3, 0.4) is 0 Å². The third-order valence-corrected chi connectivity index (χ3v) is 3.06. The maximum Gasteiger partial charge on any atom is 0.0934 e. The van der Waals surface area contributed by atoms with Crippen molar-refractivity contribution in [3.05, 3.63) is 28.6 Å². The van der Waals surface area contributed by atoms with Gasteiger partial charge in [-0.2, -0.15) is 16.4 Å². The van der Waals surface area contributed by atoms with Crippen LogP contribution in [0.1, 0.15) is 12.6 Å². The minimum absolute atomic E-state index is 0.675. The second-order valence-electron chi connectivity index (χ2n) is 3.39. The average molecular weight is 221 g/mol. The van der Waals surface area contributed by atoms with Gasteiger partial charge in [0.2, 0.25) is 0 Å². The SMILES string of the molecule is CCn1nc(-c2ccsc2)cc1CCN. The Labute approximate surface area is 93.5 Å². The molecule has 2 aromatic rings. The van der Waals surface area contributed by atoms with Crippen LogP contribution in [0.15, 0.2) is 22.9 Å². The fraction of sp³-hybridized carbons (Fsp3) is 0.364. The van der Waals surface area contributed by atoms with E-state index in [1.54, 1.807) is 11.3 Å². The predicted octanol–water partition coefficient (Wildman–Crippen LogP) is 2.13. The van der Waals surface area contributed by atoms with Gasteiger partial charge in [-0.05, 0) is 31.0 Å². The van der Waals surface area contributed by atoms with Gasteiger partial charge < -0.3 is 5.73 Å². The molecule has 2 rings (SSSR count). The molecular formula is C11H15N3S. The van der Waals surface area contributed by atoms with Gasteiger partial charge in [-0.1, -0.05) is 0 Å². The van der Waals surface area contributed by atoms with Crippen molar-refractivity contribution in [2.75, 3.05) is 6.54 Å². The van der Waals surface area contributed by atoms with Crippen LogP contribution in [-0.4, -0.2) is 16.3 Å². The van der Waals surface area contributed by atoms with E-state index in [1.807, 2.05) is 4.68 Å². The summed E-state index contributed by atoms with van der Waals surface area (Å²) in [6, 6.07) is 4.23. The zero-order valence-electron chi connectivity index (χ0n) is 8.81. The highest BCUT2D eigenvalue weighted by molar-refractivity contribution is 7.08. The third kappa shape index (κ3) is 2.11. The van der Waals surface area contributed by atoms with E-state index in [0.29, 0.717) is 6.54 Å². The molecule has 2 heterocycles. The van der Waals surface area contributed by atoms with Gasteiger partial charge in [0.15, 0.2) is 0 Å². The van der Waals surface area contributed by atoms with E-state index in [4.69, 9.17) is 5.73 Å². The maximum atomic E-state index is 5.57. The van der Waals surface area contributed by atoms with E-state index >= 15 is 0 Å². The summed E-state index contributed by atoms with van der Waals surface area (Å²) in [6.45, 7) is 3.68. The van der Waals surface area contributed by atoms with Crippen molar-refractivity contribution in [1.82, 2.24) is 9.78 Å². The Kier molecular flexibility index (Phi) is 3.18. The molecule has 2 aromatic heterocycles. The first-order valence-corrected chi connectivity index (χ1v) is 6.08. The van der Waals surface area contributed by atoms with E-state index < -0.39 is 0 Å². The summed E-state index contributed by atoms with van der Waals surface area (Å²) in [5.41, 5.74) is 9.05. The lowest BCUT2D eigenvalue weighted by atomic mass is 10.2. The smallest absolute Gasteiger partial charge is 0.0934 e. The molecule has 2 N–H and O–H groups in total. The Hall–Kier alpha value is -1.13. The van der Waals surface area contributed by atoms with Crippen molar-refractivity contribution < 1.29 is 0 Å². The van der Waals surface area contributed by atoms with Crippen molar-refractivity contribution in [2.24, 2.45) is 5.73 Å². The summed E-state index contributed by atoms with van der Waals surface area (Å²) in [5.74, 6) is 0. The van der Waals surface area contributed by atoms with Crippen LogP contribution in [0.5, 0.6) is 0 Å². The quantitative estimate of drug-likeness (QED) is 0.859. The van der Waals surface area contributed by atoms with Gasteiger partial charge in [-0.25, -0.2) is 0 Å². The van der Waals surface area contributed by atoms with Gasteiger partial charge in [0.25, 0.3) is 0 Å². The van der Waals surface area contributed by atoms with Crippen molar-refractivity contribution in [1.29, 1.82) is 0 Å². The molecule has 0 aliphatic carbocycles. The summed E-state index contributed by atoms with van der Waals surface area (Å²) in [6.07, 6.45) is 0.894. The Morgan fingerprint density at radius 2 is 2.40 bits per heavy atom. The molecule has 4 heteroatoms. The summed E-state index contributed by atoms with van der Waals surface area (Å²) in [5, 5.41) is 8.75. The van der Waals surface area contributed by atoms with Crippen LogP contribution in [-0.2, 0) is 13.0 Å². The number of aryl methyl sites for hydroxylation is 1. The Morgan fingerprint density at radius 3 is 3.00 bits per heavy atom. The number of thiophene rings is 1. The molecular weight excluding hydrogens is 206 g/mol.